The third-order valence-corrected chi connectivity index (χ3v) is 4.34. The predicted molar refractivity (Wildman–Crippen MR) is 83.0 cm³/mol. The highest BCUT2D eigenvalue weighted by Gasteiger charge is 2.28. The second-order valence-electron chi connectivity index (χ2n) is 5.93. The number of hydrogen-bond acceptors (Lipinski definition) is 4. The number of primary amides is 1. The zero-order chi connectivity index (χ0) is 16.6. The molecular weight excluding hydrogens is 298 g/mol. The van der Waals surface area contributed by atoms with E-state index in [2.05, 4.69) is 5.32 Å². The molecule has 7 heteroatoms. The fraction of sp³-hybridized carbons (Fsp3) is 0.438. The van der Waals surface area contributed by atoms with E-state index in [9.17, 15) is 14.4 Å². The van der Waals surface area contributed by atoms with Gasteiger partial charge < -0.3 is 20.7 Å². The second kappa shape index (κ2) is 5.91. The first kappa shape index (κ1) is 15.3. The molecule has 0 radical (unpaired) electrons. The van der Waals surface area contributed by atoms with Gasteiger partial charge in [0, 0.05) is 24.6 Å². The van der Waals surface area contributed by atoms with Crippen LogP contribution in [0, 0.1) is 5.92 Å². The molecule has 1 atom stereocenters. The molecule has 1 fully saturated rings. The Morgan fingerprint density at radius 2 is 2.00 bits per heavy atom. The maximum absolute atomic E-state index is 12.6. The minimum absolute atomic E-state index is 0.122. The molecule has 3 N–H and O–H groups in total. The van der Waals surface area contributed by atoms with Crippen LogP contribution in [0.3, 0.4) is 0 Å². The highest BCUT2D eigenvalue weighted by Crippen LogP contribution is 2.31. The fourth-order valence-electron chi connectivity index (χ4n) is 2.89. The van der Waals surface area contributed by atoms with E-state index in [1.54, 1.807) is 30.0 Å². The third kappa shape index (κ3) is 2.99. The number of nitrogens with two attached hydrogens (primary N) is 1. The molecule has 7 nitrogen and oxygen atoms in total. The van der Waals surface area contributed by atoms with E-state index in [-0.39, 0.29) is 23.6 Å². The molecule has 0 bridgehead atoms. The van der Waals surface area contributed by atoms with E-state index < -0.39 is 6.10 Å². The van der Waals surface area contributed by atoms with Crippen LogP contribution in [0.1, 0.15) is 30.1 Å². The van der Waals surface area contributed by atoms with Crippen molar-refractivity contribution in [3.63, 3.8) is 0 Å². The molecule has 122 valence electrons. The van der Waals surface area contributed by atoms with Crippen molar-refractivity contribution in [3.8, 4) is 5.75 Å². The van der Waals surface area contributed by atoms with E-state index in [4.69, 9.17) is 10.5 Å². The van der Waals surface area contributed by atoms with Crippen molar-refractivity contribution in [2.75, 3.05) is 18.4 Å². The summed E-state index contributed by atoms with van der Waals surface area (Å²) >= 11 is 0. The van der Waals surface area contributed by atoms with Crippen LogP contribution in [-0.2, 0) is 9.59 Å². The van der Waals surface area contributed by atoms with Crippen LogP contribution in [0.15, 0.2) is 18.2 Å². The summed E-state index contributed by atoms with van der Waals surface area (Å²) in [5, 5.41) is 2.73. The van der Waals surface area contributed by atoms with E-state index >= 15 is 0 Å². The molecule has 2 heterocycles. The number of amides is 3. The number of benzene rings is 1. The van der Waals surface area contributed by atoms with Gasteiger partial charge in [0.05, 0.1) is 5.69 Å². The maximum Gasteiger partial charge on any atom is 0.265 e. The molecule has 3 rings (SSSR count). The first-order chi connectivity index (χ1) is 11.0. The number of anilines is 1. The first-order valence-electron chi connectivity index (χ1n) is 7.66. The minimum atomic E-state index is -0.545. The topological polar surface area (TPSA) is 102 Å². The van der Waals surface area contributed by atoms with Crippen molar-refractivity contribution >= 4 is 23.4 Å². The molecular formula is C16H19N3O4. The van der Waals surface area contributed by atoms with Crippen molar-refractivity contribution in [2.24, 2.45) is 11.7 Å². The summed E-state index contributed by atoms with van der Waals surface area (Å²) in [6, 6.07) is 5.00. The van der Waals surface area contributed by atoms with Gasteiger partial charge in [-0.1, -0.05) is 0 Å². The number of hydrogen-bond donors (Lipinski definition) is 2. The highest BCUT2D eigenvalue weighted by atomic mass is 16.5. The monoisotopic (exact) mass is 317 g/mol. The van der Waals surface area contributed by atoms with E-state index in [0.29, 0.717) is 42.9 Å². The lowest BCUT2D eigenvalue weighted by Crippen LogP contribution is -2.41. The summed E-state index contributed by atoms with van der Waals surface area (Å²) in [5.74, 6) is -0.259. The molecule has 3 amide bonds. The molecule has 1 aromatic carbocycles. The van der Waals surface area contributed by atoms with Gasteiger partial charge in [-0.2, -0.15) is 0 Å². The van der Waals surface area contributed by atoms with E-state index in [1.807, 2.05) is 0 Å². The number of nitrogens with one attached hydrogen (secondary N) is 1. The summed E-state index contributed by atoms with van der Waals surface area (Å²) in [4.78, 5) is 37.1. The summed E-state index contributed by atoms with van der Waals surface area (Å²) in [6.07, 6.45) is 0.629. The standard InChI is InChI=1S/C16H19N3O4/c1-9-15(21)18-12-8-11(2-3-13(12)23-9)16(22)19-6-4-10(5-7-19)14(17)20/h2-3,8-10H,4-7H2,1H3,(H2,17,20)(H,18,21). The fourth-order valence-corrected chi connectivity index (χ4v) is 2.89. The maximum atomic E-state index is 12.6. The quantitative estimate of drug-likeness (QED) is 0.840. The predicted octanol–water partition coefficient (Wildman–Crippen LogP) is 0.744. The average molecular weight is 317 g/mol. The van der Waals surface area contributed by atoms with Crippen LogP contribution < -0.4 is 15.8 Å². The lowest BCUT2D eigenvalue weighted by molar-refractivity contribution is -0.123. The van der Waals surface area contributed by atoms with Gasteiger partial charge in [0.1, 0.15) is 5.75 Å². The van der Waals surface area contributed by atoms with Gasteiger partial charge in [-0.15, -0.1) is 0 Å². The zero-order valence-corrected chi connectivity index (χ0v) is 12.9. The third-order valence-electron chi connectivity index (χ3n) is 4.34. The Kier molecular flexibility index (Phi) is 3.94. The van der Waals surface area contributed by atoms with Crippen LogP contribution in [0.2, 0.25) is 0 Å². The van der Waals surface area contributed by atoms with Gasteiger partial charge in [-0.05, 0) is 38.0 Å². The molecule has 1 saturated heterocycles. The molecule has 0 aromatic heterocycles. The summed E-state index contributed by atoms with van der Waals surface area (Å²) in [5.41, 5.74) is 6.30. The Bertz CT molecular complexity index is 665. The Labute approximate surface area is 133 Å². The average Bonchev–Trinajstić information content (AvgIpc) is 2.55. The van der Waals surface area contributed by atoms with E-state index in [1.165, 1.54) is 0 Å². The van der Waals surface area contributed by atoms with Gasteiger partial charge in [-0.25, -0.2) is 0 Å². The second-order valence-corrected chi connectivity index (χ2v) is 5.93. The van der Waals surface area contributed by atoms with Gasteiger partial charge in [0.2, 0.25) is 5.91 Å². The van der Waals surface area contributed by atoms with Crippen molar-refractivity contribution < 1.29 is 19.1 Å². The van der Waals surface area contributed by atoms with Gasteiger partial charge in [0.15, 0.2) is 6.10 Å². The van der Waals surface area contributed by atoms with Crippen LogP contribution in [0.25, 0.3) is 0 Å². The van der Waals surface area contributed by atoms with Crippen molar-refractivity contribution in [1.82, 2.24) is 4.90 Å². The Morgan fingerprint density at radius 1 is 1.30 bits per heavy atom. The summed E-state index contributed by atoms with van der Waals surface area (Å²) in [7, 11) is 0. The van der Waals surface area contributed by atoms with Gasteiger partial charge >= 0.3 is 0 Å². The number of carbonyl (C=O) groups excluding carboxylic acids is 3. The molecule has 1 unspecified atom stereocenters. The number of carbonyl (C=O) groups is 3. The van der Waals surface area contributed by atoms with Crippen LogP contribution in [0.5, 0.6) is 5.75 Å². The Morgan fingerprint density at radius 3 is 2.65 bits per heavy atom. The normalized spacial score (nSPS) is 21.2. The molecule has 1 aromatic rings. The smallest absolute Gasteiger partial charge is 0.265 e. The summed E-state index contributed by atoms with van der Waals surface area (Å²) < 4.78 is 5.48. The molecule has 0 saturated carbocycles. The molecule has 2 aliphatic rings. The summed E-state index contributed by atoms with van der Waals surface area (Å²) in [6.45, 7) is 2.67. The highest BCUT2D eigenvalue weighted by molar-refractivity contribution is 6.01. The van der Waals surface area contributed by atoms with E-state index in [0.717, 1.165) is 0 Å². The number of rotatable bonds is 2. The Hall–Kier alpha value is -2.57. The number of ether oxygens (including phenoxy) is 1. The van der Waals surface area contributed by atoms with Crippen molar-refractivity contribution in [3.05, 3.63) is 23.8 Å². The molecule has 23 heavy (non-hydrogen) atoms. The number of fused-ring (bicyclic) bond motifs is 1. The molecule has 0 spiro atoms. The largest absolute Gasteiger partial charge is 0.479 e. The van der Waals surface area contributed by atoms with Crippen LogP contribution in [0.4, 0.5) is 5.69 Å². The lowest BCUT2D eigenvalue weighted by atomic mass is 9.96. The Balaban J connectivity index is 1.73. The SMILES string of the molecule is CC1Oc2ccc(C(=O)N3CCC(C(N)=O)CC3)cc2NC1=O. The first-order valence-corrected chi connectivity index (χ1v) is 7.66. The number of piperidine rings is 1. The van der Waals surface area contributed by atoms with Crippen molar-refractivity contribution in [1.29, 1.82) is 0 Å². The van der Waals surface area contributed by atoms with Crippen LogP contribution >= 0.6 is 0 Å². The zero-order valence-electron chi connectivity index (χ0n) is 12.9. The number of nitrogens with zero attached hydrogens (tertiary/aromatic N) is 1. The minimum Gasteiger partial charge on any atom is -0.479 e. The van der Waals surface area contributed by atoms with Crippen molar-refractivity contribution in [2.45, 2.75) is 25.9 Å². The molecule has 2 aliphatic heterocycles. The van der Waals surface area contributed by atoms with Gasteiger partial charge in [0.25, 0.3) is 11.8 Å². The molecule has 0 aliphatic carbocycles. The van der Waals surface area contributed by atoms with Crippen LogP contribution in [-0.4, -0.2) is 41.8 Å². The lowest BCUT2D eigenvalue weighted by Gasteiger charge is -2.31. The number of likely N-dealkylation sites (tertiary alicyclic amines) is 1. The van der Waals surface area contributed by atoms with Gasteiger partial charge in [-0.3, -0.25) is 14.4 Å².